The van der Waals surface area contributed by atoms with E-state index in [0.717, 1.165) is 70.3 Å². The number of likely N-dealkylation sites (tertiary alicyclic amines) is 1. The predicted molar refractivity (Wildman–Crippen MR) is 337 cm³/mol. The minimum absolute atomic E-state index is 0.0265. The smallest absolute Gasteiger partial charge is 0.407 e. The number of carbonyl (C=O) groups is 7. The zero-order valence-corrected chi connectivity index (χ0v) is 51.9. The third-order valence-electron chi connectivity index (χ3n) is 15.4. The molecule has 3 aliphatic rings. The third-order valence-corrected chi connectivity index (χ3v) is 18.5. The van der Waals surface area contributed by atoms with Crippen molar-refractivity contribution in [3.8, 4) is 28.1 Å². The number of aromatic nitrogens is 3. The zero-order chi connectivity index (χ0) is 61.6. The lowest BCUT2D eigenvalue weighted by Gasteiger charge is -2.24. The van der Waals surface area contributed by atoms with E-state index < -0.39 is 66.7 Å². The zero-order valence-electron chi connectivity index (χ0n) is 48.1. The molecule has 7 N–H and O–H groups in total. The largest absolute Gasteiger partial charge is 0.480 e. The Bertz CT molecular complexity index is 3500. The first-order valence-corrected chi connectivity index (χ1v) is 32.2. The summed E-state index contributed by atoms with van der Waals surface area (Å²) in [6, 6.07) is 24.5. The Morgan fingerprint density at radius 3 is 2.41 bits per heavy atom. The van der Waals surface area contributed by atoms with E-state index in [9.17, 15) is 42.3 Å². The summed E-state index contributed by atoms with van der Waals surface area (Å²) < 4.78 is 39.9. The molecule has 2 saturated heterocycles. The molecule has 4 atom stereocenters. The van der Waals surface area contributed by atoms with Gasteiger partial charge in [-0.05, 0) is 131 Å². The molecule has 9 rings (SSSR count). The van der Waals surface area contributed by atoms with Gasteiger partial charge in [0.05, 0.1) is 30.6 Å². The average molecular weight is 1340 g/mol. The number of halogens is 3. The number of carbonyl (C=O) groups excluding carboxylic acids is 7. The Kier molecular flexibility index (Phi) is 21.9. The van der Waals surface area contributed by atoms with Crippen molar-refractivity contribution in [1.82, 2.24) is 51.3 Å². The molecule has 3 aromatic carbocycles. The fourth-order valence-electron chi connectivity index (χ4n) is 10.8. The monoisotopic (exact) mass is 1340 g/mol. The molecule has 0 aliphatic carbocycles. The van der Waals surface area contributed by atoms with E-state index in [1.54, 1.807) is 36.5 Å². The number of nitrogens with zero attached hydrogens (tertiary/aromatic N) is 5. The van der Waals surface area contributed by atoms with Gasteiger partial charge in [-0.15, -0.1) is 0 Å². The van der Waals surface area contributed by atoms with E-state index in [1.165, 1.54) is 28.7 Å². The van der Waals surface area contributed by atoms with Gasteiger partial charge in [-0.25, -0.2) is 18.6 Å². The minimum Gasteiger partial charge on any atom is -0.480 e. The van der Waals surface area contributed by atoms with Gasteiger partial charge in [-0.3, -0.25) is 38.7 Å². The summed E-state index contributed by atoms with van der Waals surface area (Å²) in [7, 11) is 4.26. The molecule has 7 amide bonds. The van der Waals surface area contributed by atoms with Crippen LogP contribution >= 0.6 is 44.2 Å². The van der Waals surface area contributed by atoms with E-state index in [-0.39, 0.29) is 82.1 Å². The van der Waals surface area contributed by atoms with Crippen molar-refractivity contribution < 1.29 is 51.8 Å². The normalized spacial score (nSPS) is 17.1. The van der Waals surface area contributed by atoms with Gasteiger partial charge >= 0.3 is 6.09 Å². The molecule has 6 aromatic rings. The summed E-state index contributed by atoms with van der Waals surface area (Å²) in [5, 5.41) is 14.8. The second-order valence-electron chi connectivity index (χ2n) is 21.7. The molecule has 25 heteroatoms. The number of nitrogens with one attached hydrogen (secondary N) is 5. The van der Waals surface area contributed by atoms with Gasteiger partial charge in [0, 0.05) is 121 Å². The number of hydrogen-bond donors (Lipinski definition) is 6. The highest BCUT2D eigenvalue weighted by Crippen LogP contribution is 2.36. The molecule has 1 unspecified atom stereocenters. The molecule has 3 aromatic heterocycles. The second kappa shape index (κ2) is 29.8. The Hall–Kier alpha value is -7.65. The summed E-state index contributed by atoms with van der Waals surface area (Å²) in [5.41, 5.74) is 15.2. The topological polar surface area (TPSA) is 269 Å². The van der Waals surface area contributed by atoms with Crippen LogP contribution in [0.25, 0.3) is 33.2 Å². The molecule has 0 spiro atoms. The van der Waals surface area contributed by atoms with E-state index >= 15 is 0 Å². The number of alkyl halides is 2. The Labute approximate surface area is 524 Å². The number of rotatable bonds is 26. The van der Waals surface area contributed by atoms with Crippen molar-refractivity contribution in [1.29, 1.82) is 0 Å². The number of alkyl carbamates (subject to hydrolysis) is 1. The molecular weight excluding hydrogens is 1270 g/mol. The van der Waals surface area contributed by atoms with Crippen LogP contribution in [0.3, 0.4) is 0 Å². The van der Waals surface area contributed by atoms with E-state index in [0.29, 0.717) is 42.3 Å². The molecule has 6 heterocycles. The van der Waals surface area contributed by atoms with Gasteiger partial charge in [-0.2, -0.15) is 0 Å². The number of methoxy groups -OCH3 is 1. The highest BCUT2D eigenvalue weighted by molar-refractivity contribution is 14.1. The molecule has 20 nitrogen and oxygen atoms in total. The molecule has 0 bridgehead atoms. The second-order valence-corrected chi connectivity index (χ2v) is 25.6. The van der Waals surface area contributed by atoms with Gasteiger partial charge in [0.2, 0.25) is 41.3 Å². The van der Waals surface area contributed by atoms with Crippen molar-refractivity contribution in [2.45, 2.75) is 102 Å². The maximum absolute atomic E-state index is 14.1. The SMILES string of the molecule is COc1ncc(-c2ccc3nccc(-c4ccc(COC(=O)NCCSSCC(NC(=O)CCc5cccc6c5CN(C(=O)C[C@@H]5C[C@@H](C(=O)N7CC(F)(F)C[C@H]7C)NC5=O)C6)C(=O)NCCNC(=O)CCCc5ccc(I)cc5)nc4)c3c2)cc1N. The number of pyridine rings is 3. The van der Waals surface area contributed by atoms with Gasteiger partial charge in [0.1, 0.15) is 18.7 Å². The quantitative estimate of drug-likeness (QED) is 0.0174. The van der Waals surface area contributed by atoms with Crippen LogP contribution in [0.4, 0.5) is 19.3 Å². The van der Waals surface area contributed by atoms with E-state index in [4.69, 9.17) is 15.2 Å². The fourth-order valence-corrected chi connectivity index (χ4v) is 13.3. The Balaban J connectivity index is 0.726. The van der Waals surface area contributed by atoms with Gasteiger partial charge in [0.25, 0.3) is 5.92 Å². The molecule has 3 aliphatic heterocycles. The van der Waals surface area contributed by atoms with Crippen molar-refractivity contribution in [3.05, 3.63) is 135 Å². The van der Waals surface area contributed by atoms with Gasteiger partial charge in [0.15, 0.2) is 0 Å². The predicted octanol–water partition coefficient (Wildman–Crippen LogP) is 7.53. The number of nitrogens with two attached hydrogens (primary N) is 1. The van der Waals surface area contributed by atoms with Gasteiger partial charge in [-0.1, -0.05) is 64.1 Å². The van der Waals surface area contributed by atoms with Crippen LogP contribution in [0.5, 0.6) is 5.88 Å². The number of amides is 7. The molecule has 2 fully saturated rings. The summed E-state index contributed by atoms with van der Waals surface area (Å²) in [5.74, 6) is -5.07. The maximum atomic E-state index is 14.1. The van der Waals surface area contributed by atoms with Gasteiger partial charge < -0.3 is 51.6 Å². The standard InChI is InChI=1S/C62H68F2IN11O9S2/c1-37-29-62(63,64)36-76(37)60(82)52-27-43(57(80)74-52)28-56(79)75-32-42-7-4-6-39(49(42)33-75)13-18-55(78)73-53(58(81)69-22-21-68-54(77)8-3-5-38-9-14-45(65)15-10-38)35-87-86-24-23-70-61(83)85-34-46-16-11-41(30-71-46)47-19-20-67-51-17-12-40(25-48(47)51)44-26-50(66)59(84-2)72-31-44/h4,6-7,9-12,14-17,19-20,25-26,30-31,37,43,52-53H,3,5,8,13,18,21-24,27-29,32-36,66H2,1-2H3,(H,68,77)(H,69,81)(H,70,83)(H,73,78)(H,74,80)/t37-,43+,52+,53?/m1/s1. The number of aryl methyl sites for hydroxylation is 2. The first-order chi connectivity index (χ1) is 41.9. The molecular formula is C62H68F2IN11O9S2. The van der Waals surface area contributed by atoms with Crippen LogP contribution in [-0.2, 0) is 66.0 Å². The van der Waals surface area contributed by atoms with Crippen molar-refractivity contribution in [2.24, 2.45) is 5.92 Å². The fraction of sp³-hybridized carbons (Fsp3) is 0.387. The summed E-state index contributed by atoms with van der Waals surface area (Å²) >= 11 is 2.25. The van der Waals surface area contributed by atoms with Crippen LogP contribution in [0, 0.1) is 9.49 Å². The number of benzene rings is 3. The highest BCUT2D eigenvalue weighted by Gasteiger charge is 2.48. The van der Waals surface area contributed by atoms with Crippen molar-refractivity contribution >= 4 is 102 Å². The van der Waals surface area contributed by atoms with E-state index in [2.05, 4.69) is 64.1 Å². The molecule has 0 saturated carbocycles. The number of anilines is 1. The van der Waals surface area contributed by atoms with Crippen LogP contribution in [0.1, 0.15) is 73.4 Å². The summed E-state index contributed by atoms with van der Waals surface area (Å²) in [6.45, 7) is 1.90. The number of nitrogen functional groups attached to an aromatic ring is 1. The lowest BCUT2D eigenvalue weighted by molar-refractivity contribution is -0.136. The number of fused-ring (bicyclic) bond motifs is 2. The van der Waals surface area contributed by atoms with Crippen LogP contribution in [0.15, 0.2) is 104 Å². The van der Waals surface area contributed by atoms with Crippen LogP contribution < -0.4 is 37.1 Å². The first-order valence-electron chi connectivity index (χ1n) is 28.6. The first kappa shape index (κ1) is 63.8. The van der Waals surface area contributed by atoms with Crippen LogP contribution in [-0.4, -0.2) is 135 Å². The Morgan fingerprint density at radius 1 is 0.862 bits per heavy atom. The van der Waals surface area contributed by atoms with E-state index in [1.807, 2.05) is 78.9 Å². The minimum atomic E-state index is -2.99. The number of ether oxygens (including phenoxy) is 2. The average Bonchev–Trinajstić information content (AvgIpc) is 3.02. The van der Waals surface area contributed by atoms with Crippen LogP contribution in [0.2, 0.25) is 0 Å². The van der Waals surface area contributed by atoms with Crippen molar-refractivity contribution in [3.63, 3.8) is 0 Å². The lowest BCUT2D eigenvalue weighted by Crippen LogP contribution is -2.49. The Morgan fingerprint density at radius 2 is 1.66 bits per heavy atom. The van der Waals surface area contributed by atoms with Crippen molar-refractivity contribution in [2.75, 3.05) is 50.5 Å². The summed E-state index contributed by atoms with van der Waals surface area (Å²) in [4.78, 5) is 109. The molecule has 87 heavy (non-hydrogen) atoms. The number of hydrogen-bond acceptors (Lipinski definition) is 15. The third kappa shape index (κ3) is 17.3. The molecule has 0 radical (unpaired) electrons. The molecule has 458 valence electrons. The maximum Gasteiger partial charge on any atom is 0.407 e. The highest BCUT2D eigenvalue weighted by atomic mass is 127. The lowest BCUT2D eigenvalue weighted by atomic mass is 9.98. The summed E-state index contributed by atoms with van der Waals surface area (Å²) in [6.07, 6.45) is 6.06.